The zero-order valence-corrected chi connectivity index (χ0v) is 9.43. The van der Waals surface area contributed by atoms with E-state index in [0.717, 1.165) is 11.8 Å². The van der Waals surface area contributed by atoms with E-state index in [1.165, 1.54) is 70.9 Å². The fraction of sp³-hybridized carbons (Fsp3) is 1.00. The Morgan fingerprint density at radius 3 is 2.14 bits per heavy atom. The molecule has 0 amide bonds. The van der Waals surface area contributed by atoms with Crippen molar-refractivity contribution in [3.63, 3.8) is 0 Å². The fourth-order valence-corrected chi connectivity index (χ4v) is 3.20. The van der Waals surface area contributed by atoms with E-state index in [2.05, 4.69) is 5.32 Å². The van der Waals surface area contributed by atoms with Crippen LogP contribution in [0.2, 0.25) is 0 Å². The summed E-state index contributed by atoms with van der Waals surface area (Å²) in [6, 6.07) is 0. The molecule has 2 aliphatic rings. The van der Waals surface area contributed by atoms with Crippen LogP contribution in [0.3, 0.4) is 0 Å². The second-order valence-electron chi connectivity index (χ2n) is 5.31. The van der Waals surface area contributed by atoms with E-state index in [0.29, 0.717) is 0 Å². The van der Waals surface area contributed by atoms with Gasteiger partial charge >= 0.3 is 0 Å². The van der Waals surface area contributed by atoms with Crippen LogP contribution in [0.15, 0.2) is 0 Å². The standard InChI is InChI=1S/C13H25N/c1-2-4-7-12(6-3-1)10-13-8-5-9-14-11-13/h12-14H,1-11H2/t13-/m1/s1. The zero-order chi connectivity index (χ0) is 9.64. The zero-order valence-electron chi connectivity index (χ0n) is 9.43. The van der Waals surface area contributed by atoms with E-state index in [9.17, 15) is 0 Å². The maximum atomic E-state index is 3.54. The van der Waals surface area contributed by atoms with Crippen LogP contribution in [-0.2, 0) is 0 Å². The Kier molecular flexibility index (Phi) is 4.30. The largest absolute Gasteiger partial charge is 0.316 e. The third-order valence-corrected chi connectivity index (χ3v) is 4.04. The first-order chi connectivity index (χ1) is 6.95. The average molecular weight is 195 g/mol. The molecule has 2 fully saturated rings. The van der Waals surface area contributed by atoms with Crippen molar-refractivity contribution in [2.75, 3.05) is 13.1 Å². The van der Waals surface area contributed by atoms with E-state index in [-0.39, 0.29) is 0 Å². The molecule has 1 aliphatic heterocycles. The van der Waals surface area contributed by atoms with Gasteiger partial charge in [0.1, 0.15) is 0 Å². The van der Waals surface area contributed by atoms with Gasteiger partial charge in [-0.2, -0.15) is 0 Å². The summed E-state index contributed by atoms with van der Waals surface area (Å²) in [5.74, 6) is 2.08. The van der Waals surface area contributed by atoms with Crippen molar-refractivity contribution < 1.29 is 0 Å². The Labute approximate surface area is 88.7 Å². The normalized spacial score (nSPS) is 31.3. The lowest BCUT2D eigenvalue weighted by atomic mass is 9.85. The van der Waals surface area contributed by atoms with E-state index >= 15 is 0 Å². The predicted octanol–water partition coefficient (Wildman–Crippen LogP) is 3.35. The summed E-state index contributed by atoms with van der Waals surface area (Å²) >= 11 is 0. The summed E-state index contributed by atoms with van der Waals surface area (Å²) in [4.78, 5) is 0. The highest BCUT2D eigenvalue weighted by Crippen LogP contribution is 2.30. The molecule has 1 N–H and O–H groups in total. The molecule has 0 spiro atoms. The van der Waals surface area contributed by atoms with Crippen LogP contribution in [0.1, 0.15) is 57.8 Å². The van der Waals surface area contributed by atoms with Crippen LogP contribution in [0.4, 0.5) is 0 Å². The molecule has 2 rings (SSSR count). The van der Waals surface area contributed by atoms with Crippen LogP contribution in [0.5, 0.6) is 0 Å². The van der Waals surface area contributed by atoms with Crippen molar-refractivity contribution in [3.05, 3.63) is 0 Å². The SMILES string of the molecule is C1CCCC(C[C@H]2CCCNC2)CC1. The van der Waals surface area contributed by atoms with E-state index < -0.39 is 0 Å². The molecule has 0 radical (unpaired) electrons. The van der Waals surface area contributed by atoms with Crippen molar-refractivity contribution >= 4 is 0 Å². The monoisotopic (exact) mass is 195 g/mol. The molecule has 0 aromatic rings. The molecule has 0 bridgehead atoms. The van der Waals surface area contributed by atoms with Crippen LogP contribution in [0.25, 0.3) is 0 Å². The average Bonchev–Trinajstić information content (AvgIpc) is 2.48. The van der Waals surface area contributed by atoms with Gasteiger partial charge in [0, 0.05) is 0 Å². The number of nitrogens with one attached hydrogen (secondary N) is 1. The number of hydrogen-bond acceptors (Lipinski definition) is 1. The molecule has 1 aliphatic carbocycles. The molecular weight excluding hydrogens is 170 g/mol. The summed E-state index contributed by atoms with van der Waals surface area (Å²) in [6.07, 6.45) is 13.5. The minimum absolute atomic E-state index is 1.01. The Balaban J connectivity index is 1.71. The van der Waals surface area contributed by atoms with Gasteiger partial charge in [0.25, 0.3) is 0 Å². The molecule has 14 heavy (non-hydrogen) atoms. The molecule has 0 aromatic carbocycles. The minimum Gasteiger partial charge on any atom is -0.316 e. The van der Waals surface area contributed by atoms with Crippen LogP contribution >= 0.6 is 0 Å². The second kappa shape index (κ2) is 5.75. The van der Waals surface area contributed by atoms with Crippen molar-refractivity contribution in [1.29, 1.82) is 0 Å². The Bertz CT molecular complexity index is 141. The van der Waals surface area contributed by atoms with Crippen molar-refractivity contribution in [2.45, 2.75) is 57.8 Å². The minimum atomic E-state index is 1.01. The summed E-state index contributed by atoms with van der Waals surface area (Å²) in [5, 5.41) is 3.54. The van der Waals surface area contributed by atoms with Crippen LogP contribution < -0.4 is 5.32 Å². The first kappa shape index (κ1) is 10.5. The highest BCUT2D eigenvalue weighted by Gasteiger charge is 2.19. The summed E-state index contributed by atoms with van der Waals surface area (Å²) in [6.45, 7) is 2.57. The second-order valence-corrected chi connectivity index (χ2v) is 5.31. The molecule has 1 saturated heterocycles. The lowest BCUT2D eigenvalue weighted by Crippen LogP contribution is -2.30. The highest BCUT2D eigenvalue weighted by molar-refractivity contribution is 4.74. The topological polar surface area (TPSA) is 12.0 Å². The summed E-state index contributed by atoms with van der Waals surface area (Å²) in [5.41, 5.74) is 0. The lowest BCUT2D eigenvalue weighted by molar-refractivity contribution is 0.285. The molecule has 1 saturated carbocycles. The van der Waals surface area contributed by atoms with Gasteiger partial charge in [-0.3, -0.25) is 0 Å². The summed E-state index contributed by atoms with van der Waals surface area (Å²) < 4.78 is 0. The third kappa shape index (κ3) is 3.27. The molecule has 1 nitrogen and oxygen atoms in total. The molecule has 0 unspecified atom stereocenters. The van der Waals surface area contributed by atoms with Gasteiger partial charge in [0.2, 0.25) is 0 Å². The maximum Gasteiger partial charge on any atom is -0.00204 e. The number of hydrogen-bond donors (Lipinski definition) is 1. The molecule has 82 valence electrons. The number of piperidine rings is 1. The van der Waals surface area contributed by atoms with E-state index in [4.69, 9.17) is 0 Å². The van der Waals surface area contributed by atoms with Gasteiger partial charge in [0.05, 0.1) is 0 Å². The molecule has 1 heteroatoms. The Morgan fingerprint density at radius 1 is 0.786 bits per heavy atom. The smallest absolute Gasteiger partial charge is 0.00204 e. The van der Waals surface area contributed by atoms with Crippen LogP contribution in [-0.4, -0.2) is 13.1 Å². The molecule has 1 heterocycles. The molecule has 0 aromatic heterocycles. The predicted molar refractivity (Wildman–Crippen MR) is 61.4 cm³/mol. The third-order valence-electron chi connectivity index (χ3n) is 4.04. The Morgan fingerprint density at radius 2 is 1.50 bits per heavy atom. The lowest BCUT2D eigenvalue weighted by Gasteiger charge is -2.26. The first-order valence-corrected chi connectivity index (χ1v) is 6.66. The molecular formula is C13H25N. The summed E-state index contributed by atoms with van der Waals surface area (Å²) in [7, 11) is 0. The van der Waals surface area contributed by atoms with Crippen molar-refractivity contribution in [2.24, 2.45) is 11.8 Å². The van der Waals surface area contributed by atoms with Gasteiger partial charge in [-0.25, -0.2) is 0 Å². The maximum absolute atomic E-state index is 3.54. The Hall–Kier alpha value is -0.0400. The van der Waals surface area contributed by atoms with E-state index in [1.54, 1.807) is 0 Å². The van der Waals surface area contributed by atoms with Gasteiger partial charge in [0.15, 0.2) is 0 Å². The van der Waals surface area contributed by atoms with Gasteiger partial charge in [-0.15, -0.1) is 0 Å². The van der Waals surface area contributed by atoms with Crippen molar-refractivity contribution in [1.82, 2.24) is 5.32 Å². The van der Waals surface area contributed by atoms with Crippen molar-refractivity contribution in [3.8, 4) is 0 Å². The van der Waals surface area contributed by atoms with Crippen LogP contribution in [0, 0.1) is 11.8 Å². The van der Waals surface area contributed by atoms with Gasteiger partial charge in [-0.1, -0.05) is 38.5 Å². The fourth-order valence-electron chi connectivity index (χ4n) is 3.20. The first-order valence-electron chi connectivity index (χ1n) is 6.66. The quantitative estimate of drug-likeness (QED) is 0.666. The van der Waals surface area contributed by atoms with Gasteiger partial charge < -0.3 is 5.32 Å². The molecule has 1 atom stereocenters. The van der Waals surface area contributed by atoms with Gasteiger partial charge in [-0.05, 0) is 44.2 Å². The van der Waals surface area contributed by atoms with E-state index in [1.807, 2.05) is 0 Å². The number of rotatable bonds is 2. The highest BCUT2D eigenvalue weighted by atomic mass is 14.9.